The van der Waals surface area contributed by atoms with Gasteiger partial charge in [0.05, 0.1) is 0 Å². The van der Waals surface area contributed by atoms with Crippen molar-refractivity contribution in [1.82, 2.24) is 10.6 Å². The molecule has 0 radical (unpaired) electrons. The maximum atomic E-state index is 12.3. The Balaban J connectivity index is 1.85. The second-order valence-corrected chi connectivity index (χ2v) is 7.83. The maximum Gasteiger partial charge on any atom is 0.321 e. The Bertz CT molecular complexity index is 884. The number of ketones is 2. The van der Waals surface area contributed by atoms with Crippen LogP contribution < -0.4 is 10.6 Å². The van der Waals surface area contributed by atoms with E-state index in [0.29, 0.717) is 21.2 Å². The third-order valence-electron chi connectivity index (χ3n) is 4.61. The Kier molecular flexibility index (Phi) is 9.80. The van der Waals surface area contributed by atoms with E-state index in [4.69, 9.17) is 23.2 Å². The molecule has 4 N–H and O–H groups in total. The molecule has 2 rings (SSSR count). The van der Waals surface area contributed by atoms with Crippen molar-refractivity contribution < 1.29 is 29.4 Å². The molecule has 0 aliphatic carbocycles. The Morgan fingerprint density at radius 2 is 0.969 bits per heavy atom. The second-order valence-electron chi connectivity index (χ2n) is 6.96. The zero-order valence-corrected chi connectivity index (χ0v) is 18.4. The van der Waals surface area contributed by atoms with Gasteiger partial charge >= 0.3 is 11.9 Å². The van der Waals surface area contributed by atoms with Gasteiger partial charge in [-0.1, -0.05) is 23.2 Å². The fourth-order valence-electron chi connectivity index (χ4n) is 2.86. The smallest absolute Gasteiger partial charge is 0.321 e. The van der Waals surface area contributed by atoms with Gasteiger partial charge in [-0.05, 0) is 48.5 Å². The van der Waals surface area contributed by atoms with E-state index in [0.717, 1.165) is 0 Å². The average molecular weight is 481 g/mol. The standard InChI is InChI=1S/C22H22Cl2N2O6/c23-15-5-1-13(2-6-15)19(27)11-17(21(29)30)25-9-10-26-18(22(31)32)12-20(28)14-3-7-16(24)8-4-14/h1-8,17-18,25-26H,9-12H2,(H,29,30)(H,31,32)/t17-,18-/m1/s1. The predicted molar refractivity (Wildman–Crippen MR) is 120 cm³/mol. The first kappa shape index (κ1) is 25.5. The first-order valence-electron chi connectivity index (χ1n) is 9.67. The minimum absolute atomic E-state index is 0.0732. The third-order valence-corrected chi connectivity index (χ3v) is 5.12. The van der Waals surface area contributed by atoms with Gasteiger partial charge in [0.1, 0.15) is 12.1 Å². The number of nitrogens with one attached hydrogen (secondary N) is 2. The van der Waals surface area contributed by atoms with Crippen LogP contribution in [0.25, 0.3) is 0 Å². The van der Waals surface area contributed by atoms with Crippen LogP contribution in [0, 0.1) is 0 Å². The van der Waals surface area contributed by atoms with E-state index in [-0.39, 0.29) is 37.5 Å². The van der Waals surface area contributed by atoms with Crippen molar-refractivity contribution in [1.29, 1.82) is 0 Å². The molecule has 0 fully saturated rings. The number of Topliss-reactive ketones (excluding diaryl/α,β-unsaturated/α-hetero) is 2. The number of aliphatic carboxylic acids is 2. The summed E-state index contributed by atoms with van der Waals surface area (Å²) in [4.78, 5) is 47.5. The zero-order valence-electron chi connectivity index (χ0n) is 16.9. The van der Waals surface area contributed by atoms with Crippen LogP contribution >= 0.6 is 23.2 Å². The van der Waals surface area contributed by atoms with E-state index < -0.39 is 24.0 Å². The van der Waals surface area contributed by atoms with Crippen molar-refractivity contribution in [2.24, 2.45) is 0 Å². The van der Waals surface area contributed by atoms with Crippen molar-refractivity contribution in [2.75, 3.05) is 13.1 Å². The summed E-state index contributed by atoms with van der Waals surface area (Å²) in [6, 6.07) is 9.91. The lowest BCUT2D eigenvalue weighted by Gasteiger charge is -2.17. The van der Waals surface area contributed by atoms with Crippen molar-refractivity contribution in [3.8, 4) is 0 Å². The minimum Gasteiger partial charge on any atom is -0.480 e. The van der Waals surface area contributed by atoms with Gasteiger partial charge in [-0.3, -0.25) is 19.2 Å². The highest BCUT2D eigenvalue weighted by Crippen LogP contribution is 2.13. The lowest BCUT2D eigenvalue weighted by Crippen LogP contribution is -2.45. The van der Waals surface area contributed by atoms with Crippen LogP contribution in [0.15, 0.2) is 48.5 Å². The molecule has 0 saturated heterocycles. The molecule has 0 aliphatic rings. The molecule has 0 spiro atoms. The molecule has 0 saturated carbocycles. The third kappa shape index (κ3) is 8.05. The van der Waals surface area contributed by atoms with Gasteiger partial charge in [0.2, 0.25) is 0 Å². The molecule has 32 heavy (non-hydrogen) atoms. The molecule has 0 bridgehead atoms. The number of carbonyl (C=O) groups excluding carboxylic acids is 2. The van der Waals surface area contributed by atoms with E-state index in [1.165, 1.54) is 24.3 Å². The van der Waals surface area contributed by atoms with Crippen molar-refractivity contribution in [3.05, 3.63) is 69.7 Å². The fourth-order valence-corrected chi connectivity index (χ4v) is 3.12. The molecule has 2 aromatic rings. The van der Waals surface area contributed by atoms with E-state index in [1.807, 2.05) is 0 Å². The number of carboxylic acid groups (broad SMARTS) is 2. The summed E-state index contributed by atoms with van der Waals surface area (Å²) in [6.07, 6.45) is -0.567. The number of hydrogen-bond acceptors (Lipinski definition) is 6. The lowest BCUT2D eigenvalue weighted by molar-refractivity contribution is -0.140. The second kappa shape index (κ2) is 12.3. The molecule has 10 heteroatoms. The Hall–Kier alpha value is -2.78. The molecular formula is C22H22Cl2N2O6. The normalized spacial score (nSPS) is 12.7. The Morgan fingerprint density at radius 1 is 0.656 bits per heavy atom. The van der Waals surface area contributed by atoms with E-state index in [1.54, 1.807) is 24.3 Å². The molecule has 2 aromatic carbocycles. The summed E-state index contributed by atoms with van der Waals surface area (Å²) in [5.74, 6) is -3.15. The summed E-state index contributed by atoms with van der Waals surface area (Å²) in [7, 11) is 0. The van der Waals surface area contributed by atoms with E-state index in [2.05, 4.69) is 10.6 Å². The summed E-state index contributed by atoms with van der Waals surface area (Å²) in [5.41, 5.74) is 0.680. The van der Waals surface area contributed by atoms with Gasteiger partial charge in [-0.15, -0.1) is 0 Å². The van der Waals surface area contributed by atoms with Gasteiger partial charge in [0.25, 0.3) is 0 Å². The highest BCUT2D eigenvalue weighted by molar-refractivity contribution is 6.31. The zero-order chi connectivity index (χ0) is 23.7. The van der Waals surface area contributed by atoms with Gasteiger partial charge in [-0.2, -0.15) is 0 Å². The fraction of sp³-hybridized carbons (Fsp3) is 0.273. The number of benzene rings is 2. The van der Waals surface area contributed by atoms with Crippen LogP contribution in [-0.4, -0.2) is 58.9 Å². The molecule has 0 heterocycles. The molecular weight excluding hydrogens is 459 g/mol. The topological polar surface area (TPSA) is 133 Å². The van der Waals surface area contributed by atoms with E-state index in [9.17, 15) is 29.4 Å². The molecule has 0 aromatic heterocycles. The first-order chi connectivity index (χ1) is 15.2. The van der Waals surface area contributed by atoms with Crippen molar-refractivity contribution >= 4 is 46.7 Å². The minimum atomic E-state index is -1.21. The summed E-state index contributed by atoms with van der Waals surface area (Å²) < 4.78 is 0. The molecule has 0 aliphatic heterocycles. The molecule has 0 amide bonds. The lowest BCUT2D eigenvalue weighted by atomic mass is 10.0. The van der Waals surface area contributed by atoms with Crippen molar-refractivity contribution in [3.63, 3.8) is 0 Å². The average Bonchev–Trinajstić information content (AvgIpc) is 2.75. The van der Waals surface area contributed by atoms with Crippen LogP contribution in [-0.2, 0) is 9.59 Å². The number of carbonyl (C=O) groups is 4. The first-order valence-corrected chi connectivity index (χ1v) is 10.4. The molecule has 170 valence electrons. The summed E-state index contributed by atoms with van der Waals surface area (Å²) in [5, 5.41) is 25.1. The number of hydrogen-bond donors (Lipinski definition) is 4. The van der Waals surface area contributed by atoms with Crippen LogP contribution in [0.2, 0.25) is 10.0 Å². The quantitative estimate of drug-likeness (QED) is 0.254. The van der Waals surface area contributed by atoms with Crippen LogP contribution in [0.1, 0.15) is 33.6 Å². The summed E-state index contributed by atoms with van der Waals surface area (Å²) >= 11 is 11.6. The largest absolute Gasteiger partial charge is 0.480 e. The monoisotopic (exact) mass is 480 g/mol. The molecule has 2 atom stereocenters. The maximum absolute atomic E-state index is 12.3. The van der Waals surface area contributed by atoms with Crippen LogP contribution in [0.5, 0.6) is 0 Å². The highest BCUT2D eigenvalue weighted by atomic mass is 35.5. The molecule has 8 nitrogen and oxygen atoms in total. The summed E-state index contributed by atoms with van der Waals surface area (Å²) in [6.45, 7) is 0.146. The van der Waals surface area contributed by atoms with Crippen molar-refractivity contribution in [2.45, 2.75) is 24.9 Å². The van der Waals surface area contributed by atoms with Gasteiger partial charge in [-0.25, -0.2) is 0 Å². The SMILES string of the molecule is O=C(C[C@@H](NCCN[C@H](CC(=O)c1ccc(Cl)cc1)C(=O)O)C(=O)O)c1ccc(Cl)cc1. The number of halogens is 2. The number of carboxylic acids is 2. The van der Waals surface area contributed by atoms with E-state index >= 15 is 0 Å². The van der Waals surface area contributed by atoms with Gasteiger partial charge < -0.3 is 20.8 Å². The van der Waals surface area contributed by atoms with Crippen LogP contribution in [0.4, 0.5) is 0 Å². The van der Waals surface area contributed by atoms with Crippen LogP contribution in [0.3, 0.4) is 0 Å². The Labute approximate surface area is 194 Å². The molecule has 0 unspecified atom stereocenters. The predicted octanol–water partition coefficient (Wildman–Crippen LogP) is 2.92. The number of rotatable bonds is 13. The van der Waals surface area contributed by atoms with Gasteiger partial charge in [0, 0.05) is 47.1 Å². The highest BCUT2D eigenvalue weighted by Gasteiger charge is 2.23. The Morgan fingerprint density at radius 3 is 1.25 bits per heavy atom. The van der Waals surface area contributed by atoms with Gasteiger partial charge in [0.15, 0.2) is 11.6 Å².